The molecule has 0 atom stereocenters. The Labute approximate surface area is 148 Å². The normalized spacial score (nSPS) is 10.6. The standard InChI is InChI=1S/C16H20N4O6/c1-5-26-11(22)7-17-10(21)8-20-15(23)12-13(25-4)9(2)6-18-14(12)19(3)16(20)24/h6H,5,7-8H2,1-4H3,(H,17,21). The van der Waals surface area contributed by atoms with Crippen LogP contribution in [0.15, 0.2) is 15.8 Å². The van der Waals surface area contributed by atoms with Crippen molar-refractivity contribution in [3.63, 3.8) is 0 Å². The van der Waals surface area contributed by atoms with E-state index in [4.69, 9.17) is 9.47 Å². The van der Waals surface area contributed by atoms with Gasteiger partial charge in [0.25, 0.3) is 5.56 Å². The van der Waals surface area contributed by atoms with E-state index in [2.05, 4.69) is 10.3 Å². The van der Waals surface area contributed by atoms with Crippen LogP contribution in [0.25, 0.3) is 11.0 Å². The molecule has 0 saturated carbocycles. The Morgan fingerprint density at radius 3 is 2.62 bits per heavy atom. The van der Waals surface area contributed by atoms with Crippen molar-refractivity contribution < 1.29 is 19.1 Å². The summed E-state index contributed by atoms with van der Waals surface area (Å²) in [4.78, 5) is 52.6. The molecule has 0 radical (unpaired) electrons. The molecule has 1 amide bonds. The molecule has 0 aliphatic rings. The molecule has 0 bridgehead atoms. The van der Waals surface area contributed by atoms with Gasteiger partial charge in [0.15, 0.2) is 5.65 Å². The van der Waals surface area contributed by atoms with Crippen LogP contribution in [0.2, 0.25) is 0 Å². The second kappa shape index (κ2) is 7.81. The molecule has 10 heteroatoms. The minimum atomic E-state index is -0.702. The summed E-state index contributed by atoms with van der Waals surface area (Å²) < 4.78 is 11.9. The number of methoxy groups -OCH3 is 1. The number of hydrogen-bond donors (Lipinski definition) is 1. The van der Waals surface area contributed by atoms with Crippen molar-refractivity contribution >= 4 is 22.9 Å². The fourth-order valence-electron chi connectivity index (χ4n) is 2.51. The predicted molar refractivity (Wildman–Crippen MR) is 92.2 cm³/mol. The quantitative estimate of drug-likeness (QED) is 0.659. The summed E-state index contributed by atoms with van der Waals surface area (Å²) in [7, 11) is 2.85. The first-order valence-corrected chi connectivity index (χ1v) is 7.87. The van der Waals surface area contributed by atoms with Crippen LogP contribution in [0.5, 0.6) is 5.75 Å². The summed E-state index contributed by atoms with van der Waals surface area (Å²) in [5, 5.41) is 2.41. The molecule has 0 aliphatic carbocycles. The summed E-state index contributed by atoms with van der Waals surface area (Å²) in [5.41, 5.74) is -0.616. The predicted octanol–water partition coefficient (Wildman–Crippen LogP) is -0.908. The SMILES string of the molecule is CCOC(=O)CNC(=O)Cn1c(=O)c2c(OC)c(C)cnc2n(C)c1=O. The van der Waals surface area contributed by atoms with Crippen LogP contribution in [0.3, 0.4) is 0 Å². The van der Waals surface area contributed by atoms with Gasteiger partial charge in [0.2, 0.25) is 5.91 Å². The molecule has 2 rings (SSSR count). The number of nitrogens with zero attached hydrogens (tertiary/aromatic N) is 3. The van der Waals surface area contributed by atoms with Gasteiger partial charge in [-0.1, -0.05) is 0 Å². The zero-order chi connectivity index (χ0) is 19.4. The third kappa shape index (κ3) is 3.58. The lowest BCUT2D eigenvalue weighted by Gasteiger charge is -2.13. The lowest BCUT2D eigenvalue weighted by atomic mass is 10.2. The van der Waals surface area contributed by atoms with Crippen molar-refractivity contribution in [3.8, 4) is 5.75 Å². The molecular formula is C16H20N4O6. The number of pyridine rings is 1. The highest BCUT2D eigenvalue weighted by atomic mass is 16.5. The van der Waals surface area contributed by atoms with E-state index in [1.165, 1.54) is 20.4 Å². The van der Waals surface area contributed by atoms with Crippen LogP contribution in [-0.4, -0.2) is 46.3 Å². The molecule has 0 saturated heterocycles. The van der Waals surface area contributed by atoms with Crippen LogP contribution in [0.4, 0.5) is 0 Å². The number of esters is 1. The van der Waals surface area contributed by atoms with Crippen LogP contribution >= 0.6 is 0 Å². The Bertz CT molecular complexity index is 975. The number of nitrogens with one attached hydrogen (secondary N) is 1. The highest BCUT2D eigenvalue weighted by Crippen LogP contribution is 2.23. The summed E-state index contributed by atoms with van der Waals surface area (Å²) >= 11 is 0. The van der Waals surface area contributed by atoms with Gasteiger partial charge in [0.1, 0.15) is 24.2 Å². The van der Waals surface area contributed by atoms with E-state index in [1.54, 1.807) is 13.8 Å². The number of ether oxygens (including phenoxy) is 2. The minimum absolute atomic E-state index is 0.104. The third-order valence-corrected chi connectivity index (χ3v) is 3.72. The van der Waals surface area contributed by atoms with Gasteiger partial charge in [0.05, 0.1) is 13.7 Å². The maximum Gasteiger partial charge on any atom is 0.332 e. The first kappa shape index (κ1) is 19.2. The lowest BCUT2D eigenvalue weighted by molar-refractivity contribution is -0.143. The Morgan fingerprint density at radius 1 is 1.31 bits per heavy atom. The van der Waals surface area contributed by atoms with Gasteiger partial charge in [-0.25, -0.2) is 14.3 Å². The first-order chi connectivity index (χ1) is 12.3. The van der Waals surface area contributed by atoms with Crippen molar-refractivity contribution in [1.82, 2.24) is 19.4 Å². The van der Waals surface area contributed by atoms with Gasteiger partial charge in [0, 0.05) is 18.8 Å². The van der Waals surface area contributed by atoms with Gasteiger partial charge in [-0.2, -0.15) is 0 Å². The average molecular weight is 364 g/mol. The van der Waals surface area contributed by atoms with E-state index in [9.17, 15) is 19.2 Å². The molecule has 2 aromatic heterocycles. The number of aryl methyl sites for hydroxylation is 2. The van der Waals surface area contributed by atoms with E-state index < -0.39 is 29.7 Å². The van der Waals surface area contributed by atoms with Crippen molar-refractivity contribution in [2.75, 3.05) is 20.3 Å². The van der Waals surface area contributed by atoms with E-state index >= 15 is 0 Å². The third-order valence-electron chi connectivity index (χ3n) is 3.72. The van der Waals surface area contributed by atoms with Crippen LogP contribution in [0, 0.1) is 6.92 Å². The van der Waals surface area contributed by atoms with Crippen molar-refractivity contribution in [3.05, 3.63) is 32.6 Å². The number of hydrogen-bond acceptors (Lipinski definition) is 7. The van der Waals surface area contributed by atoms with Crippen molar-refractivity contribution in [2.24, 2.45) is 7.05 Å². The molecule has 10 nitrogen and oxygen atoms in total. The molecule has 140 valence electrons. The largest absolute Gasteiger partial charge is 0.495 e. The van der Waals surface area contributed by atoms with Gasteiger partial charge in [-0.05, 0) is 13.8 Å². The highest BCUT2D eigenvalue weighted by Gasteiger charge is 2.19. The van der Waals surface area contributed by atoms with Gasteiger partial charge < -0.3 is 14.8 Å². The molecule has 2 heterocycles. The molecular weight excluding hydrogens is 344 g/mol. The smallest absolute Gasteiger partial charge is 0.332 e. The van der Waals surface area contributed by atoms with Crippen LogP contribution in [-0.2, 0) is 27.9 Å². The number of carbonyl (C=O) groups excluding carboxylic acids is 2. The first-order valence-electron chi connectivity index (χ1n) is 7.87. The Balaban J connectivity index is 2.45. The molecule has 0 unspecified atom stereocenters. The fraction of sp³-hybridized carbons (Fsp3) is 0.438. The number of fused-ring (bicyclic) bond motifs is 1. The Morgan fingerprint density at radius 2 is 2.00 bits per heavy atom. The van der Waals surface area contributed by atoms with E-state index in [0.717, 1.165) is 9.13 Å². The van der Waals surface area contributed by atoms with Crippen LogP contribution in [0.1, 0.15) is 12.5 Å². The number of aromatic nitrogens is 3. The second-order valence-electron chi connectivity index (χ2n) is 5.49. The second-order valence-corrected chi connectivity index (χ2v) is 5.49. The minimum Gasteiger partial charge on any atom is -0.495 e. The highest BCUT2D eigenvalue weighted by molar-refractivity contribution is 5.84. The van der Waals surface area contributed by atoms with Crippen molar-refractivity contribution in [1.29, 1.82) is 0 Å². The molecule has 26 heavy (non-hydrogen) atoms. The summed E-state index contributed by atoms with van der Waals surface area (Å²) in [6.45, 7) is 2.65. The summed E-state index contributed by atoms with van der Waals surface area (Å²) in [5.74, 6) is -0.992. The average Bonchev–Trinajstić information content (AvgIpc) is 2.61. The Hall–Kier alpha value is -3.17. The van der Waals surface area contributed by atoms with Gasteiger partial charge in [-0.3, -0.25) is 19.0 Å². The summed E-state index contributed by atoms with van der Waals surface area (Å²) in [6, 6.07) is 0. The zero-order valence-corrected chi connectivity index (χ0v) is 15.0. The lowest BCUT2D eigenvalue weighted by Crippen LogP contribution is -2.44. The van der Waals surface area contributed by atoms with E-state index in [-0.39, 0.29) is 29.9 Å². The van der Waals surface area contributed by atoms with E-state index in [0.29, 0.717) is 5.56 Å². The molecule has 0 spiro atoms. The fourth-order valence-corrected chi connectivity index (χ4v) is 2.51. The molecule has 0 aromatic carbocycles. The van der Waals surface area contributed by atoms with Gasteiger partial charge in [-0.15, -0.1) is 0 Å². The molecule has 1 N–H and O–H groups in total. The molecule has 0 aliphatic heterocycles. The maximum atomic E-state index is 12.8. The maximum absolute atomic E-state index is 12.8. The van der Waals surface area contributed by atoms with Crippen LogP contribution < -0.4 is 21.3 Å². The number of rotatable bonds is 6. The van der Waals surface area contributed by atoms with Gasteiger partial charge >= 0.3 is 11.7 Å². The van der Waals surface area contributed by atoms with E-state index in [1.807, 2.05) is 0 Å². The molecule has 2 aromatic rings. The topological polar surface area (TPSA) is 122 Å². The Kier molecular flexibility index (Phi) is 5.75. The number of amides is 1. The monoisotopic (exact) mass is 364 g/mol. The number of carbonyl (C=O) groups is 2. The molecule has 0 fully saturated rings. The summed E-state index contributed by atoms with van der Waals surface area (Å²) in [6.07, 6.45) is 1.50. The van der Waals surface area contributed by atoms with Crippen molar-refractivity contribution in [2.45, 2.75) is 20.4 Å². The zero-order valence-electron chi connectivity index (χ0n) is 15.0.